The van der Waals surface area contributed by atoms with Crippen molar-refractivity contribution in [3.05, 3.63) is 23.9 Å². The number of aromatic nitrogens is 1. The van der Waals surface area contributed by atoms with Crippen LogP contribution in [0.15, 0.2) is 18.3 Å². The maximum atomic E-state index is 10.7. The van der Waals surface area contributed by atoms with Gasteiger partial charge in [-0.2, -0.15) is 0 Å². The molecular weight excluding hydrogens is 228 g/mol. The molecule has 0 aliphatic heterocycles. The lowest BCUT2D eigenvalue weighted by Crippen LogP contribution is -2.38. The first-order valence-corrected chi connectivity index (χ1v) is 6.63. The fourth-order valence-electron chi connectivity index (χ4n) is 2.86. The van der Waals surface area contributed by atoms with Crippen LogP contribution in [-0.4, -0.2) is 22.8 Å². The molecule has 1 aliphatic carbocycles. The van der Waals surface area contributed by atoms with E-state index in [0.717, 1.165) is 25.7 Å². The summed E-state index contributed by atoms with van der Waals surface area (Å²) in [5, 5.41) is 10.7. The van der Waals surface area contributed by atoms with Gasteiger partial charge in [0.2, 0.25) is 0 Å². The zero-order chi connectivity index (χ0) is 13.0. The lowest BCUT2D eigenvalue weighted by molar-refractivity contribution is -0.114. The predicted octanol–water partition coefficient (Wildman–Crippen LogP) is 2.44. The molecule has 100 valence electrons. The first-order valence-electron chi connectivity index (χ1n) is 6.63. The number of anilines is 1. The van der Waals surface area contributed by atoms with Crippen molar-refractivity contribution in [1.29, 1.82) is 0 Å². The zero-order valence-corrected chi connectivity index (χ0v) is 10.9. The van der Waals surface area contributed by atoms with E-state index in [9.17, 15) is 5.11 Å². The molecule has 0 bridgehead atoms. The van der Waals surface area contributed by atoms with Gasteiger partial charge in [-0.1, -0.05) is 31.7 Å². The summed E-state index contributed by atoms with van der Waals surface area (Å²) in [5.41, 5.74) is 6.03. The maximum absolute atomic E-state index is 10.7. The molecule has 1 saturated carbocycles. The third kappa shape index (κ3) is 2.49. The monoisotopic (exact) mass is 250 g/mol. The van der Waals surface area contributed by atoms with E-state index in [2.05, 4.69) is 4.98 Å². The van der Waals surface area contributed by atoms with Gasteiger partial charge in [-0.3, -0.25) is 0 Å². The van der Waals surface area contributed by atoms with Crippen LogP contribution in [0.5, 0.6) is 0 Å². The summed E-state index contributed by atoms with van der Waals surface area (Å²) in [6.45, 7) is 0. The molecule has 1 atom stereocenters. The number of ether oxygens (including phenoxy) is 1. The highest BCUT2D eigenvalue weighted by Crippen LogP contribution is 2.41. The summed E-state index contributed by atoms with van der Waals surface area (Å²) >= 11 is 0. The van der Waals surface area contributed by atoms with Crippen LogP contribution in [0.1, 0.15) is 50.2 Å². The van der Waals surface area contributed by atoms with Crippen molar-refractivity contribution in [1.82, 2.24) is 4.98 Å². The molecule has 1 unspecified atom stereocenters. The Bertz CT molecular complexity index is 387. The lowest BCUT2D eigenvalue weighted by atomic mass is 9.84. The second kappa shape index (κ2) is 5.67. The summed E-state index contributed by atoms with van der Waals surface area (Å²) in [6, 6.07) is 3.63. The number of nitrogen functional groups attached to an aromatic ring is 1. The van der Waals surface area contributed by atoms with Gasteiger partial charge in [-0.05, 0) is 18.9 Å². The van der Waals surface area contributed by atoms with Crippen LogP contribution in [0, 0.1) is 0 Å². The molecule has 0 radical (unpaired) electrons. The number of methoxy groups -OCH3 is 1. The van der Waals surface area contributed by atoms with Crippen molar-refractivity contribution >= 4 is 5.82 Å². The molecule has 2 rings (SSSR count). The summed E-state index contributed by atoms with van der Waals surface area (Å²) in [4.78, 5) is 4.05. The van der Waals surface area contributed by atoms with Crippen LogP contribution in [-0.2, 0) is 4.74 Å². The third-order valence-corrected chi connectivity index (χ3v) is 4.02. The van der Waals surface area contributed by atoms with Gasteiger partial charge in [0.25, 0.3) is 0 Å². The minimum atomic E-state index is -0.700. The molecule has 1 aromatic heterocycles. The summed E-state index contributed by atoms with van der Waals surface area (Å²) < 4.78 is 5.70. The van der Waals surface area contributed by atoms with E-state index < -0.39 is 11.7 Å². The molecule has 3 N–H and O–H groups in total. The molecule has 18 heavy (non-hydrogen) atoms. The number of rotatable bonds is 3. The fraction of sp³-hybridized carbons (Fsp3) is 0.643. The van der Waals surface area contributed by atoms with Crippen LogP contribution >= 0.6 is 0 Å². The van der Waals surface area contributed by atoms with Crippen LogP contribution in [0.2, 0.25) is 0 Å². The first kappa shape index (κ1) is 13.3. The maximum Gasteiger partial charge on any atom is 0.129 e. The molecule has 4 nitrogen and oxygen atoms in total. The van der Waals surface area contributed by atoms with E-state index in [-0.39, 0.29) is 0 Å². The predicted molar refractivity (Wildman–Crippen MR) is 71.1 cm³/mol. The summed E-state index contributed by atoms with van der Waals surface area (Å²) in [7, 11) is 1.68. The quantitative estimate of drug-likeness (QED) is 0.808. The Morgan fingerprint density at radius 2 is 2.00 bits per heavy atom. The molecule has 1 aromatic rings. The highest BCUT2D eigenvalue weighted by molar-refractivity contribution is 5.41. The molecule has 1 fully saturated rings. The third-order valence-electron chi connectivity index (χ3n) is 4.02. The average Bonchev–Trinajstić information content (AvgIpc) is 2.65. The Morgan fingerprint density at radius 3 is 2.56 bits per heavy atom. The smallest absolute Gasteiger partial charge is 0.129 e. The standard InChI is InChI=1S/C14H22N2O2/c1-18-14(8-4-2-3-5-9-14)12(17)11-7-6-10-16-13(11)15/h6-7,10,12,17H,2-5,8-9H2,1H3,(H2,15,16). The van der Waals surface area contributed by atoms with Crippen LogP contribution in [0.3, 0.4) is 0 Å². The minimum absolute atomic E-state index is 0.394. The summed E-state index contributed by atoms with van der Waals surface area (Å²) in [5.74, 6) is 0.394. The van der Waals surface area contributed by atoms with Crippen molar-refractivity contribution in [3.8, 4) is 0 Å². The Morgan fingerprint density at radius 1 is 1.33 bits per heavy atom. The minimum Gasteiger partial charge on any atom is -0.385 e. The number of nitrogens with two attached hydrogens (primary N) is 1. The lowest BCUT2D eigenvalue weighted by Gasteiger charge is -2.36. The Hall–Kier alpha value is -1.13. The number of nitrogens with zero attached hydrogens (tertiary/aromatic N) is 1. The number of pyridine rings is 1. The first-order chi connectivity index (χ1) is 8.69. The fourth-order valence-corrected chi connectivity index (χ4v) is 2.86. The van der Waals surface area contributed by atoms with Gasteiger partial charge < -0.3 is 15.6 Å². The number of hydrogen-bond donors (Lipinski definition) is 2. The van der Waals surface area contributed by atoms with Crippen molar-refractivity contribution in [3.63, 3.8) is 0 Å². The summed E-state index contributed by atoms with van der Waals surface area (Å²) in [6.07, 6.45) is 7.28. The molecule has 1 heterocycles. The highest BCUT2D eigenvalue weighted by atomic mass is 16.5. The molecule has 0 aromatic carbocycles. The second-order valence-corrected chi connectivity index (χ2v) is 5.06. The average molecular weight is 250 g/mol. The van der Waals surface area contributed by atoms with E-state index in [1.807, 2.05) is 6.07 Å². The highest BCUT2D eigenvalue weighted by Gasteiger charge is 2.40. The van der Waals surface area contributed by atoms with Gasteiger partial charge in [0.05, 0.1) is 5.60 Å². The Labute approximate surface area is 108 Å². The van der Waals surface area contributed by atoms with Gasteiger partial charge >= 0.3 is 0 Å². The number of aliphatic hydroxyl groups is 1. The second-order valence-electron chi connectivity index (χ2n) is 5.06. The van der Waals surface area contributed by atoms with Crippen LogP contribution in [0.4, 0.5) is 5.82 Å². The van der Waals surface area contributed by atoms with Crippen molar-refractivity contribution in [2.75, 3.05) is 12.8 Å². The SMILES string of the molecule is COC1(C(O)c2cccnc2N)CCCCCC1. The van der Waals surface area contributed by atoms with E-state index in [0.29, 0.717) is 11.4 Å². The normalized spacial score (nSPS) is 21.2. The molecular formula is C14H22N2O2. The Kier molecular flexibility index (Phi) is 4.19. The van der Waals surface area contributed by atoms with Gasteiger partial charge in [0, 0.05) is 18.9 Å². The van der Waals surface area contributed by atoms with Gasteiger partial charge in [-0.25, -0.2) is 4.98 Å². The largest absolute Gasteiger partial charge is 0.385 e. The van der Waals surface area contributed by atoms with E-state index in [1.54, 1.807) is 19.4 Å². The molecule has 1 aliphatic rings. The van der Waals surface area contributed by atoms with Gasteiger partial charge in [0.15, 0.2) is 0 Å². The van der Waals surface area contributed by atoms with Crippen LogP contribution < -0.4 is 5.73 Å². The molecule has 0 amide bonds. The van der Waals surface area contributed by atoms with Crippen molar-refractivity contribution in [2.45, 2.75) is 50.2 Å². The molecule has 0 spiro atoms. The molecule has 4 heteroatoms. The Balaban J connectivity index is 2.28. The van der Waals surface area contributed by atoms with Crippen molar-refractivity contribution < 1.29 is 9.84 Å². The van der Waals surface area contributed by atoms with Gasteiger partial charge in [-0.15, -0.1) is 0 Å². The number of aliphatic hydroxyl groups excluding tert-OH is 1. The van der Waals surface area contributed by atoms with Gasteiger partial charge in [0.1, 0.15) is 11.9 Å². The van der Waals surface area contributed by atoms with Crippen LogP contribution in [0.25, 0.3) is 0 Å². The zero-order valence-electron chi connectivity index (χ0n) is 10.9. The molecule has 0 saturated heterocycles. The van der Waals surface area contributed by atoms with E-state index >= 15 is 0 Å². The topological polar surface area (TPSA) is 68.4 Å². The van der Waals surface area contributed by atoms with E-state index in [4.69, 9.17) is 10.5 Å². The number of hydrogen-bond acceptors (Lipinski definition) is 4. The van der Waals surface area contributed by atoms with Crippen molar-refractivity contribution in [2.24, 2.45) is 0 Å². The van der Waals surface area contributed by atoms with E-state index in [1.165, 1.54) is 12.8 Å².